The molecule has 5 N–H and O–H groups in total. The summed E-state index contributed by atoms with van der Waals surface area (Å²) in [7, 11) is 0. The minimum atomic E-state index is -0.356. The van der Waals surface area contributed by atoms with Crippen LogP contribution in [0.5, 0.6) is 0 Å². The number of carbonyl (C=O) groups is 1. The van der Waals surface area contributed by atoms with Gasteiger partial charge in [0.25, 0.3) is 5.56 Å². The first-order valence-electron chi connectivity index (χ1n) is 6.45. The number of nitrogens with two attached hydrogens (primary N) is 1. The molecule has 7 nitrogen and oxygen atoms in total. The molecule has 1 aromatic heterocycles. The van der Waals surface area contributed by atoms with E-state index in [1.54, 1.807) is 19.1 Å². The summed E-state index contributed by atoms with van der Waals surface area (Å²) in [5, 5.41) is 4.02. The van der Waals surface area contributed by atoms with Crippen molar-refractivity contribution in [2.24, 2.45) is 5.10 Å². The third kappa shape index (κ3) is 4.38. The molecule has 0 atom stereocenters. The van der Waals surface area contributed by atoms with Gasteiger partial charge in [-0.25, -0.2) is 5.43 Å². The van der Waals surface area contributed by atoms with Crippen LogP contribution in [0.3, 0.4) is 0 Å². The van der Waals surface area contributed by atoms with E-state index in [1.807, 2.05) is 12.1 Å². The van der Waals surface area contributed by atoms with Gasteiger partial charge >= 0.3 is 0 Å². The fourth-order valence-corrected chi connectivity index (χ4v) is 1.99. The van der Waals surface area contributed by atoms with Gasteiger partial charge in [0.15, 0.2) is 4.77 Å². The largest absolute Gasteiger partial charge is 0.399 e. The van der Waals surface area contributed by atoms with Gasteiger partial charge in [-0.2, -0.15) is 5.10 Å². The van der Waals surface area contributed by atoms with Crippen LogP contribution in [0.2, 0.25) is 0 Å². The molecule has 1 amide bonds. The molecular weight excluding hydrogens is 302 g/mol. The van der Waals surface area contributed by atoms with Gasteiger partial charge in [-0.1, -0.05) is 12.1 Å². The number of aromatic nitrogens is 2. The number of nitrogen functional groups attached to an aromatic ring is 1. The van der Waals surface area contributed by atoms with Gasteiger partial charge < -0.3 is 10.7 Å². The first-order chi connectivity index (χ1) is 10.4. The van der Waals surface area contributed by atoms with Crippen molar-refractivity contribution >= 4 is 29.5 Å². The van der Waals surface area contributed by atoms with Gasteiger partial charge in [-0.15, -0.1) is 0 Å². The Hall–Kier alpha value is -2.74. The Kier molecular flexibility index (Phi) is 4.84. The van der Waals surface area contributed by atoms with E-state index >= 15 is 0 Å². The summed E-state index contributed by atoms with van der Waals surface area (Å²) < 4.78 is 0.178. The molecule has 0 unspecified atom stereocenters. The maximum absolute atomic E-state index is 11.8. The molecule has 0 spiro atoms. The van der Waals surface area contributed by atoms with Gasteiger partial charge in [0.2, 0.25) is 5.91 Å². The molecule has 0 aliphatic carbocycles. The SMILES string of the molecule is C/C(=N/NC(=O)Cc1cc(=O)[nH]c(=S)[nH]1)c1ccc(N)cc1. The van der Waals surface area contributed by atoms with Crippen LogP contribution in [0.1, 0.15) is 18.2 Å². The van der Waals surface area contributed by atoms with Gasteiger partial charge in [0.05, 0.1) is 12.1 Å². The van der Waals surface area contributed by atoms with E-state index < -0.39 is 0 Å². The lowest BCUT2D eigenvalue weighted by atomic mass is 10.1. The van der Waals surface area contributed by atoms with Crippen molar-refractivity contribution in [1.82, 2.24) is 15.4 Å². The third-order valence-corrected chi connectivity index (χ3v) is 3.05. The Labute approximate surface area is 131 Å². The van der Waals surface area contributed by atoms with Gasteiger partial charge in [-0.3, -0.25) is 14.6 Å². The number of hydrazone groups is 1. The Morgan fingerprint density at radius 1 is 1.32 bits per heavy atom. The summed E-state index contributed by atoms with van der Waals surface area (Å²) >= 11 is 4.84. The average Bonchev–Trinajstić information content (AvgIpc) is 2.44. The number of hydrogen-bond donors (Lipinski definition) is 4. The second-order valence-electron chi connectivity index (χ2n) is 4.64. The second kappa shape index (κ2) is 6.81. The number of H-pyrrole nitrogens is 2. The highest BCUT2D eigenvalue weighted by molar-refractivity contribution is 7.71. The van der Waals surface area contributed by atoms with E-state index in [2.05, 4.69) is 20.5 Å². The summed E-state index contributed by atoms with van der Waals surface area (Å²) in [6, 6.07) is 8.42. The summed E-state index contributed by atoms with van der Waals surface area (Å²) in [4.78, 5) is 28.2. The lowest BCUT2D eigenvalue weighted by Gasteiger charge is -2.04. The van der Waals surface area contributed by atoms with E-state index in [0.29, 0.717) is 17.1 Å². The first kappa shape index (κ1) is 15.6. The van der Waals surface area contributed by atoms with Gasteiger partial charge in [0.1, 0.15) is 0 Å². The molecule has 8 heteroatoms. The Bertz CT molecular complexity index is 792. The van der Waals surface area contributed by atoms with Crippen molar-refractivity contribution in [2.75, 3.05) is 5.73 Å². The van der Waals surface area contributed by atoms with Crippen molar-refractivity contribution < 1.29 is 4.79 Å². The Morgan fingerprint density at radius 2 is 2.00 bits per heavy atom. The third-order valence-electron chi connectivity index (χ3n) is 2.84. The fraction of sp³-hybridized carbons (Fsp3) is 0.143. The van der Waals surface area contributed by atoms with Gasteiger partial charge in [0, 0.05) is 17.4 Å². The monoisotopic (exact) mass is 317 g/mol. The van der Waals surface area contributed by atoms with Crippen LogP contribution in [0, 0.1) is 4.77 Å². The summed E-state index contributed by atoms with van der Waals surface area (Å²) in [6.07, 6.45) is -0.0217. The van der Waals surface area contributed by atoms with Crippen molar-refractivity contribution in [3.05, 3.63) is 56.7 Å². The van der Waals surface area contributed by atoms with E-state index in [0.717, 1.165) is 5.56 Å². The van der Waals surface area contributed by atoms with Gasteiger partial charge in [-0.05, 0) is 36.8 Å². The molecule has 114 valence electrons. The number of benzene rings is 1. The number of carbonyl (C=O) groups excluding carboxylic acids is 1. The Morgan fingerprint density at radius 3 is 2.64 bits per heavy atom. The van der Waals surface area contributed by atoms with Crippen LogP contribution in [0.25, 0.3) is 0 Å². The van der Waals surface area contributed by atoms with Crippen LogP contribution in [-0.2, 0) is 11.2 Å². The molecule has 0 bridgehead atoms. The lowest BCUT2D eigenvalue weighted by molar-refractivity contribution is -0.120. The molecule has 0 aliphatic rings. The summed E-state index contributed by atoms with van der Waals surface area (Å²) in [6.45, 7) is 1.77. The van der Waals surface area contributed by atoms with Crippen molar-refractivity contribution in [2.45, 2.75) is 13.3 Å². The normalized spacial score (nSPS) is 11.2. The standard InChI is InChI=1S/C14H15N5O2S/c1-8(9-2-4-10(15)5-3-9)18-19-13(21)7-11-6-12(20)17-14(22)16-11/h2-6H,7,15H2,1H3,(H,19,21)(H2,16,17,20,22)/b18-8-. The topological polar surface area (TPSA) is 116 Å². The number of aromatic amines is 2. The molecule has 0 fully saturated rings. The highest BCUT2D eigenvalue weighted by atomic mass is 32.1. The molecule has 0 saturated heterocycles. The zero-order valence-electron chi connectivity index (χ0n) is 11.8. The zero-order chi connectivity index (χ0) is 16.1. The predicted molar refractivity (Wildman–Crippen MR) is 87.2 cm³/mol. The average molecular weight is 317 g/mol. The van der Waals surface area contributed by atoms with Crippen LogP contribution >= 0.6 is 12.2 Å². The van der Waals surface area contributed by atoms with Crippen molar-refractivity contribution in [1.29, 1.82) is 0 Å². The molecule has 0 aliphatic heterocycles. The minimum Gasteiger partial charge on any atom is -0.399 e. The predicted octanol–water partition coefficient (Wildman–Crippen LogP) is 1.10. The highest BCUT2D eigenvalue weighted by Crippen LogP contribution is 2.06. The minimum absolute atomic E-state index is 0.0217. The maximum atomic E-state index is 11.8. The molecule has 0 saturated carbocycles. The highest BCUT2D eigenvalue weighted by Gasteiger charge is 2.04. The molecule has 2 aromatic rings. The van der Waals surface area contributed by atoms with E-state index in [9.17, 15) is 9.59 Å². The smallest absolute Gasteiger partial charge is 0.251 e. The number of hydrogen-bond acceptors (Lipinski definition) is 5. The number of anilines is 1. The Balaban J connectivity index is 2.02. The fourth-order valence-electron chi connectivity index (χ4n) is 1.76. The zero-order valence-corrected chi connectivity index (χ0v) is 12.7. The van der Waals surface area contributed by atoms with Crippen molar-refractivity contribution in [3.8, 4) is 0 Å². The molecule has 1 aromatic carbocycles. The number of rotatable bonds is 4. The second-order valence-corrected chi connectivity index (χ2v) is 5.05. The van der Waals surface area contributed by atoms with Crippen LogP contribution < -0.4 is 16.7 Å². The van der Waals surface area contributed by atoms with Crippen LogP contribution in [0.4, 0.5) is 5.69 Å². The number of nitrogens with zero attached hydrogens (tertiary/aromatic N) is 1. The summed E-state index contributed by atoms with van der Waals surface area (Å²) in [5.74, 6) is -0.356. The molecular formula is C14H15N5O2S. The number of amides is 1. The molecule has 1 heterocycles. The summed E-state index contributed by atoms with van der Waals surface area (Å²) in [5.41, 5.74) is 10.3. The molecule has 22 heavy (non-hydrogen) atoms. The van der Waals surface area contributed by atoms with E-state index in [-0.39, 0.29) is 22.7 Å². The van der Waals surface area contributed by atoms with E-state index in [1.165, 1.54) is 6.07 Å². The number of nitrogens with one attached hydrogen (secondary N) is 3. The van der Waals surface area contributed by atoms with E-state index in [4.69, 9.17) is 18.0 Å². The molecule has 0 radical (unpaired) electrons. The molecule has 2 rings (SSSR count). The van der Waals surface area contributed by atoms with Crippen molar-refractivity contribution in [3.63, 3.8) is 0 Å². The quantitative estimate of drug-likeness (QED) is 0.292. The van der Waals surface area contributed by atoms with Crippen LogP contribution in [-0.4, -0.2) is 21.6 Å². The lowest BCUT2D eigenvalue weighted by Crippen LogP contribution is -2.23. The first-order valence-corrected chi connectivity index (χ1v) is 6.86. The maximum Gasteiger partial charge on any atom is 0.251 e. The van der Waals surface area contributed by atoms with Crippen LogP contribution in [0.15, 0.2) is 40.2 Å².